The summed E-state index contributed by atoms with van der Waals surface area (Å²) < 4.78 is 14.9. The largest absolute Gasteiger partial charge is 0.456 e. The van der Waals surface area contributed by atoms with E-state index in [1.54, 1.807) is 0 Å². The predicted octanol–water partition coefficient (Wildman–Crippen LogP) is 12.3. The highest BCUT2D eigenvalue weighted by Crippen LogP contribution is 2.41. The Morgan fingerprint density at radius 2 is 1.31 bits per heavy atom. The zero-order chi connectivity index (χ0) is 32.4. The van der Waals surface area contributed by atoms with Gasteiger partial charge in [-0.25, -0.2) is 0 Å². The molecule has 0 bridgehead atoms. The van der Waals surface area contributed by atoms with Crippen molar-refractivity contribution in [3.63, 3.8) is 0 Å². The summed E-state index contributed by atoms with van der Waals surface area (Å²) in [6, 6.07) is 42.0. The molecule has 0 unspecified atom stereocenters. The van der Waals surface area contributed by atoms with E-state index in [1.165, 1.54) is 0 Å². The minimum atomic E-state index is 0.612. The van der Waals surface area contributed by atoms with Gasteiger partial charge in [-0.15, -0.1) is 0 Å². The van der Waals surface area contributed by atoms with Crippen molar-refractivity contribution in [3.05, 3.63) is 157 Å². The lowest BCUT2D eigenvalue weighted by atomic mass is 9.97. The van der Waals surface area contributed by atoms with Crippen LogP contribution >= 0.6 is 0 Å². The van der Waals surface area contributed by atoms with Crippen LogP contribution in [0.4, 0.5) is 0 Å². The summed E-state index contributed by atoms with van der Waals surface area (Å²) in [5.74, 6) is 0. The molecule has 0 aliphatic rings. The van der Waals surface area contributed by atoms with E-state index in [4.69, 9.17) is 8.83 Å². The molecule has 6 aromatic carbocycles. The molecule has 0 aliphatic carbocycles. The van der Waals surface area contributed by atoms with Gasteiger partial charge in [-0.3, -0.25) is 0 Å². The Labute approximate surface area is 276 Å². The number of nitrogens with zero attached hydrogens (tertiary/aromatic N) is 2. The average molecular weight is 617 g/mol. The van der Waals surface area contributed by atoms with Gasteiger partial charge in [-0.05, 0) is 72.2 Å². The van der Waals surface area contributed by atoms with Gasteiger partial charge in [0.05, 0.1) is 22.3 Å². The van der Waals surface area contributed by atoms with Crippen molar-refractivity contribution in [2.24, 2.45) is 0 Å². The molecule has 0 saturated carbocycles. The summed E-state index contributed by atoms with van der Waals surface area (Å²) in [6.07, 6.45) is 7.94. The fourth-order valence-electron chi connectivity index (χ4n) is 7.22. The lowest BCUT2D eigenvalue weighted by molar-refractivity contribution is 0.656. The molecule has 48 heavy (non-hydrogen) atoms. The second-order valence-electron chi connectivity index (χ2n) is 12.0. The van der Waals surface area contributed by atoms with E-state index >= 15 is 0 Å². The molecule has 226 valence electrons. The molecule has 0 radical (unpaired) electrons. The van der Waals surface area contributed by atoms with E-state index in [9.17, 15) is 5.26 Å². The minimum absolute atomic E-state index is 0.612. The van der Waals surface area contributed by atoms with Crippen molar-refractivity contribution in [1.29, 1.82) is 5.26 Å². The first kappa shape index (κ1) is 27.7. The molecule has 0 spiro atoms. The molecule has 0 atom stereocenters. The van der Waals surface area contributed by atoms with E-state index in [2.05, 4.69) is 108 Å². The van der Waals surface area contributed by atoms with Crippen molar-refractivity contribution < 1.29 is 8.83 Å². The van der Waals surface area contributed by atoms with Gasteiger partial charge in [0.1, 0.15) is 28.4 Å². The lowest BCUT2D eigenvalue weighted by Gasteiger charge is -2.16. The van der Waals surface area contributed by atoms with Gasteiger partial charge in [0, 0.05) is 43.9 Å². The third-order valence-corrected chi connectivity index (χ3v) is 9.31. The Balaban J connectivity index is 1.28. The Morgan fingerprint density at radius 3 is 1.98 bits per heavy atom. The van der Waals surface area contributed by atoms with Crippen LogP contribution in [0.5, 0.6) is 0 Å². The normalized spacial score (nSPS) is 12.4. The molecule has 0 aliphatic heterocycles. The van der Waals surface area contributed by atoms with Crippen LogP contribution in [0.3, 0.4) is 0 Å². The van der Waals surface area contributed by atoms with Crippen LogP contribution in [0, 0.1) is 11.3 Å². The standard InChI is InChI=1S/C44H28N2O2/c1-3-10-27(11-4-2)28-18-20-40-34(22-28)36-24-37-35-23-29(19-21-41(35)48-43(37)25-42(36)47-40)31-15-9-12-30(26-45)44(31)46-38-16-7-5-13-32(38)33-14-6-8-17-39(33)46/h3-25H,1H2,2H3/b11-4-,27-10+. The number of allylic oxidation sites excluding steroid dienone is 5. The smallest absolute Gasteiger partial charge is 0.139 e. The molecule has 4 heteroatoms. The molecule has 0 N–H and O–H groups in total. The second kappa shape index (κ2) is 10.8. The third-order valence-electron chi connectivity index (χ3n) is 9.31. The molecule has 9 rings (SSSR count). The first-order valence-electron chi connectivity index (χ1n) is 16.0. The average Bonchev–Trinajstić information content (AvgIpc) is 3.78. The molecular weight excluding hydrogens is 588 g/mol. The number of furan rings is 2. The molecular formula is C44H28N2O2. The van der Waals surface area contributed by atoms with Crippen molar-refractivity contribution >= 4 is 71.3 Å². The van der Waals surface area contributed by atoms with Crippen LogP contribution in [-0.4, -0.2) is 4.57 Å². The van der Waals surface area contributed by atoms with Gasteiger partial charge in [-0.1, -0.05) is 91.5 Å². The molecule has 3 aromatic heterocycles. The monoisotopic (exact) mass is 616 g/mol. The number of fused-ring (bicyclic) bond motifs is 9. The Bertz CT molecular complexity index is 2830. The molecule has 0 saturated heterocycles. The summed E-state index contributed by atoms with van der Waals surface area (Å²) in [5.41, 5.74) is 10.9. The van der Waals surface area contributed by atoms with Gasteiger partial charge < -0.3 is 13.4 Å². The number of rotatable bonds is 5. The van der Waals surface area contributed by atoms with Crippen molar-refractivity contribution in [2.75, 3.05) is 0 Å². The zero-order valence-electron chi connectivity index (χ0n) is 26.2. The van der Waals surface area contributed by atoms with Gasteiger partial charge in [0.2, 0.25) is 0 Å². The highest BCUT2D eigenvalue weighted by molar-refractivity contribution is 6.16. The number of nitriles is 1. The number of hydrogen-bond donors (Lipinski definition) is 0. The maximum Gasteiger partial charge on any atom is 0.139 e. The first-order valence-corrected chi connectivity index (χ1v) is 16.0. The molecule has 3 heterocycles. The second-order valence-corrected chi connectivity index (χ2v) is 12.0. The highest BCUT2D eigenvalue weighted by Gasteiger charge is 2.20. The highest BCUT2D eigenvalue weighted by atomic mass is 16.3. The van der Waals surface area contributed by atoms with Crippen LogP contribution in [0.15, 0.2) is 155 Å². The van der Waals surface area contributed by atoms with Crippen LogP contribution in [0.1, 0.15) is 18.1 Å². The summed E-state index contributed by atoms with van der Waals surface area (Å²) >= 11 is 0. The van der Waals surface area contributed by atoms with E-state index in [-0.39, 0.29) is 0 Å². The minimum Gasteiger partial charge on any atom is -0.456 e. The van der Waals surface area contributed by atoms with Gasteiger partial charge in [0.15, 0.2) is 0 Å². The molecule has 9 aromatic rings. The van der Waals surface area contributed by atoms with Crippen LogP contribution < -0.4 is 0 Å². The molecule has 0 amide bonds. The number of para-hydroxylation sites is 3. The Hall–Kier alpha value is -6.57. The Kier molecular flexibility index (Phi) is 6.21. The summed E-state index contributed by atoms with van der Waals surface area (Å²) in [5, 5.41) is 16.8. The fourth-order valence-corrected chi connectivity index (χ4v) is 7.22. The SMILES string of the molecule is C=C/C=C(\C=C/C)c1ccc2oc3cc4oc5ccc(-c6cccc(C#N)c6-n6c7ccccc7c7ccccc76)cc5c4cc3c2c1. The van der Waals surface area contributed by atoms with Crippen LogP contribution in [0.25, 0.3) is 88.1 Å². The number of hydrogen-bond acceptors (Lipinski definition) is 3. The fraction of sp³-hybridized carbons (Fsp3) is 0.0227. The van der Waals surface area contributed by atoms with Gasteiger partial charge in [-0.2, -0.15) is 5.26 Å². The lowest BCUT2D eigenvalue weighted by Crippen LogP contribution is -2.00. The number of aromatic nitrogens is 1. The van der Waals surface area contributed by atoms with Gasteiger partial charge in [0.25, 0.3) is 0 Å². The van der Waals surface area contributed by atoms with Crippen LogP contribution in [-0.2, 0) is 0 Å². The van der Waals surface area contributed by atoms with E-state index < -0.39 is 0 Å². The summed E-state index contributed by atoms with van der Waals surface area (Å²) in [7, 11) is 0. The predicted molar refractivity (Wildman–Crippen MR) is 198 cm³/mol. The molecule has 0 fully saturated rings. The van der Waals surface area contributed by atoms with Crippen LogP contribution in [0.2, 0.25) is 0 Å². The van der Waals surface area contributed by atoms with Crippen molar-refractivity contribution in [3.8, 4) is 22.9 Å². The summed E-state index contributed by atoms with van der Waals surface area (Å²) in [4.78, 5) is 0. The molecule has 4 nitrogen and oxygen atoms in total. The van der Waals surface area contributed by atoms with Crippen molar-refractivity contribution in [1.82, 2.24) is 4.57 Å². The quantitative estimate of drug-likeness (QED) is 0.181. The van der Waals surface area contributed by atoms with Crippen molar-refractivity contribution in [2.45, 2.75) is 6.92 Å². The summed E-state index contributed by atoms with van der Waals surface area (Å²) in [6.45, 7) is 5.91. The zero-order valence-corrected chi connectivity index (χ0v) is 26.2. The van der Waals surface area contributed by atoms with E-state index in [0.717, 1.165) is 93.6 Å². The first-order chi connectivity index (χ1) is 23.7. The topological polar surface area (TPSA) is 55.0 Å². The maximum absolute atomic E-state index is 10.4. The van der Waals surface area contributed by atoms with E-state index in [0.29, 0.717) is 5.56 Å². The third kappa shape index (κ3) is 4.08. The van der Waals surface area contributed by atoms with E-state index in [1.807, 2.05) is 55.5 Å². The Morgan fingerprint density at radius 1 is 0.667 bits per heavy atom. The maximum atomic E-state index is 10.4. The number of benzene rings is 6. The van der Waals surface area contributed by atoms with Gasteiger partial charge >= 0.3 is 0 Å².